The lowest BCUT2D eigenvalue weighted by Crippen LogP contribution is -2.32. The van der Waals surface area contributed by atoms with Gasteiger partial charge in [-0.25, -0.2) is 8.97 Å². The molecule has 3 aromatic heterocycles. The van der Waals surface area contributed by atoms with Gasteiger partial charge < -0.3 is 9.47 Å². The Morgan fingerprint density at radius 3 is 2.75 bits per heavy atom. The molecule has 0 spiro atoms. The number of nitrogens with zero attached hydrogens (tertiary/aromatic N) is 4. The molecule has 0 amide bonds. The van der Waals surface area contributed by atoms with E-state index in [2.05, 4.69) is 10.2 Å². The van der Waals surface area contributed by atoms with Gasteiger partial charge in [0.1, 0.15) is 4.83 Å². The number of aryl methyl sites for hydroxylation is 1. The van der Waals surface area contributed by atoms with Crippen molar-refractivity contribution < 1.29 is 14.3 Å². The fraction of sp³-hybridized carbons (Fsp3) is 0.364. The number of methoxy groups -OCH3 is 1. The second kappa shape index (κ2) is 7.72. The molecule has 0 unspecified atom stereocenters. The number of thioether (sulfide) groups is 1. The summed E-state index contributed by atoms with van der Waals surface area (Å²) in [6.07, 6.45) is 0.643. The Balaban J connectivity index is 1.83. The van der Waals surface area contributed by atoms with E-state index in [0.717, 1.165) is 26.5 Å². The summed E-state index contributed by atoms with van der Waals surface area (Å²) in [6, 6.07) is 7.74. The molecule has 0 bridgehead atoms. The van der Waals surface area contributed by atoms with Gasteiger partial charge in [-0.2, -0.15) is 0 Å². The number of hydrogen-bond donors (Lipinski definition) is 0. The molecule has 4 heterocycles. The molecule has 0 saturated carbocycles. The summed E-state index contributed by atoms with van der Waals surface area (Å²) in [5.74, 6) is 0.164. The van der Waals surface area contributed by atoms with Crippen molar-refractivity contribution in [2.24, 2.45) is 0 Å². The average Bonchev–Trinajstić information content (AvgIpc) is 3.34. The molecule has 1 aliphatic heterocycles. The van der Waals surface area contributed by atoms with Gasteiger partial charge in [-0.1, -0.05) is 29.5 Å². The lowest BCUT2D eigenvalue weighted by molar-refractivity contribution is -0.137. The van der Waals surface area contributed by atoms with Gasteiger partial charge in [0.2, 0.25) is 5.78 Å². The highest BCUT2D eigenvalue weighted by Crippen LogP contribution is 2.39. The second-order valence-corrected chi connectivity index (χ2v) is 10.4. The molecule has 4 aromatic rings. The molecular formula is C22H22N4O4S2. The van der Waals surface area contributed by atoms with Crippen LogP contribution in [0.1, 0.15) is 29.9 Å². The average molecular weight is 471 g/mol. The Kier molecular flexibility index (Phi) is 5.11. The topological polar surface area (TPSA) is 87.7 Å². The van der Waals surface area contributed by atoms with E-state index in [1.807, 2.05) is 49.4 Å². The normalized spacial score (nSPS) is 15.2. The predicted molar refractivity (Wildman–Crippen MR) is 124 cm³/mol. The molecule has 0 saturated heterocycles. The summed E-state index contributed by atoms with van der Waals surface area (Å²) >= 11 is 2.76. The van der Waals surface area contributed by atoms with Crippen molar-refractivity contribution in [2.75, 3.05) is 12.9 Å². The molecule has 8 nitrogen and oxygen atoms in total. The third kappa shape index (κ3) is 3.42. The molecule has 10 heteroatoms. The number of carbonyl (C=O) groups excluding carboxylic acids is 1. The van der Waals surface area contributed by atoms with Gasteiger partial charge in [-0.05, 0) is 38.5 Å². The fourth-order valence-corrected chi connectivity index (χ4v) is 5.95. The minimum absolute atomic E-state index is 0.101. The van der Waals surface area contributed by atoms with Crippen LogP contribution in [-0.2, 0) is 27.3 Å². The van der Waals surface area contributed by atoms with Crippen LogP contribution < -0.4 is 5.56 Å². The van der Waals surface area contributed by atoms with E-state index in [1.165, 1.54) is 30.2 Å². The third-order valence-corrected chi connectivity index (χ3v) is 7.64. The number of hydrogen-bond acceptors (Lipinski definition) is 8. The van der Waals surface area contributed by atoms with Crippen molar-refractivity contribution in [2.45, 2.75) is 44.6 Å². The standard InChI is InChI=1S/C22H22N4O4S2/c1-12-5-7-13(8-6-12)25-18(28)17-14-9-22(2,3)30-10-15(14)32-19(17)26-20(25)23-24-21(26)31-11-16(27)29-4/h5-8H,9-11H2,1-4H3. The van der Waals surface area contributed by atoms with Crippen LogP contribution in [-0.4, -0.2) is 43.6 Å². The van der Waals surface area contributed by atoms with Crippen molar-refractivity contribution >= 4 is 45.1 Å². The van der Waals surface area contributed by atoms with Crippen LogP contribution in [0.3, 0.4) is 0 Å². The zero-order chi connectivity index (χ0) is 22.6. The Morgan fingerprint density at radius 2 is 2.03 bits per heavy atom. The number of carbonyl (C=O) groups is 1. The summed E-state index contributed by atoms with van der Waals surface area (Å²) in [5, 5.41) is 9.86. The van der Waals surface area contributed by atoms with Crippen LogP contribution >= 0.6 is 23.1 Å². The monoisotopic (exact) mass is 470 g/mol. The first-order valence-corrected chi connectivity index (χ1v) is 11.9. The molecule has 166 valence electrons. The largest absolute Gasteiger partial charge is 0.468 e. The summed E-state index contributed by atoms with van der Waals surface area (Å²) in [5.41, 5.74) is 2.36. The number of esters is 1. The van der Waals surface area contributed by atoms with E-state index in [1.54, 1.807) is 4.57 Å². The maximum absolute atomic E-state index is 13.9. The third-order valence-electron chi connectivity index (χ3n) is 5.54. The van der Waals surface area contributed by atoms with Gasteiger partial charge in [-0.3, -0.25) is 9.59 Å². The Hall–Kier alpha value is -2.69. The number of thiophene rings is 1. The molecule has 0 aliphatic carbocycles. The van der Waals surface area contributed by atoms with Crippen molar-refractivity contribution in [3.8, 4) is 5.69 Å². The smallest absolute Gasteiger partial charge is 0.316 e. The van der Waals surface area contributed by atoms with E-state index in [-0.39, 0.29) is 22.9 Å². The zero-order valence-electron chi connectivity index (χ0n) is 18.2. The molecule has 1 aliphatic rings. The van der Waals surface area contributed by atoms with Crippen LogP contribution in [0.4, 0.5) is 0 Å². The SMILES string of the molecule is COC(=O)CSc1nnc2n(-c3ccc(C)cc3)c(=O)c3c4c(sc3n12)COC(C)(C)C4. The van der Waals surface area contributed by atoms with E-state index in [0.29, 0.717) is 29.3 Å². The summed E-state index contributed by atoms with van der Waals surface area (Å²) in [4.78, 5) is 27.4. The van der Waals surface area contributed by atoms with E-state index < -0.39 is 0 Å². The maximum atomic E-state index is 13.9. The summed E-state index contributed by atoms with van der Waals surface area (Å²) in [6.45, 7) is 6.53. The number of ether oxygens (including phenoxy) is 2. The highest BCUT2D eigenvalue weighted by molar-refractivity contribution is 7.99. The molecular weight excluding hydrogens is 448 g/mol. The number of fused-ring (bicyclic) bond motifs is 5. The van der Waals surface area contributed by atoms with Gasteiger partial charge in [-0.15, -0.1) is 21.5 Å². The summed E-state index contributed by atoms with van der Waals surface area (Å²) in [7, 11) is 1.35. The van der Waals surface area contributed by atoms with Crippen LogP contribution in [0.25, 0.3) is 21.7 Å². The van der Waals surface area contributed by atoms with Crippen molar-refractivity contribution in [1.29, 1.82) is 0 Å². The summed E-state index contributed by atoms with van der Waals surface area (Å²) < 4.78 is 14.3. The Labute approximate surface area is 192 Å². The first-order valence-electron chi connectivity index (χ1n) is 10.1. The van der Waals surface area contributed by atoms with Crippen LogP contribution in [0.2, 0.25) is 0 Å². The number of rotatable bonds is 4. The second-order valence-electron chi connectivity index (χ2n) is 8.37. The van der Waals surface area contributed by atoms with Gasteiger partial charge in [0, 0.05) is 11.3 Å². The molecule has 0 atom stereocenters. The minimum atomic E-state index is -0.354. The Bertz CT molecular complexity index is 1420. The Morgan fingerprint density at radius 1 is 1.28 bits per heavy atom. The van der Waals surface area contributed by atoms with Gasteiger partial charge in [0.25, 0.3) is 5.56 Å². The van der Waals surface area contributed by atoms with Crippen LogP contribution in [0.15, 0.2) is 34.2 Å². The van der Waals surface area contributed by atoms with Crippen molar-refractivity contribution in [3.63, 3.8) is 0 Å². The molecule has 5 rings (SSSR count). The van der Waals surface area contributed by atoms with Gasteiger partial charge in [0.15, 0.2) is 5.16 Å². The molecule has 1 aromatic carbocycles. The van der Waals surface area contributed by atoms with Crippen molar-refractivity contribution in [3.05, 3.63) is 50.6 Å². The first kappa shape index (κ1) is 21.2. The van der Waals surface area contributed by atoms with Crippen molar-refractivity contribution in [1.82, 2.24) is 19.2 Å². The zero-order valence-corrected chi connectivity index (χ0v) is 19.8. The van der Waals surface area contributed by atoms with Gasteiger partial charge in [0.05, 0.1) is 36.1 Å². The highest BCUT2D eigenvalue weighted by atomic mass is 32.2. The lowest BCUT2D eigenvalue weighted by Gasteiger charge is -2.29. The highest BCUT2D eigenvalue weighted by Gasteiger charge is 2.32. The van der Waals surface area contributed by atoms with E-state index in [4.69, 9.17) is 9.47 Å². The quantitative estimate of drug-likeness (QED) is 0.333. The van der Waals surface area contributed by atoms with Gasteiger partial charge >= 0.3 is 5.97 Å². The fourth-order valence-electron chi connectivity index (χ4n) is 3.91. The minimum Gasteiger partial charge on any atom is -0.468 e. The van der Waals surface area contributed by atoms with Crippen LogP contribution in [0, 0.1) is 6.92 Å². The molecule has 32 heavy (non-hydrogen) atoms. The lowest BCUT2D eigenvalue weighted by atomic mass is 9.94. The molecule has 0 N–H and O–H groups in total. The first-order chi connectivity index (χ1) is 15.3. The van der Waals surface area contributed by atoms with E-state index >= 15 is 0 Å². The number of benzene rings is 1. The number of aromatic nitrogens is 4. The molecule has 0 radical (unpaired) electrons. The van der Waals surface area contributed by atoms with Crippen LogP contribution in [0.5, 0.6) is 0 Å². The molecule has 0 fully saturated rings. The van der Waals surface area contributed by atoms with E-state index in [9.17, 15) is 9.59 Å². The maximum Gasteiger partial charge on any atom is 0.316 e. The predicted octanol–water partition coefficient (Wildman–Crippen LogP) is 3.52.